The number of carbonyl (C=O) groups excluding carboxylic acids is 1. The fourth-order valence-electron chi connectivity index (χ4n) is 4.23. The standard InChI is InChI=1S/C28H32N4O2S/c1-5-10-21-14-16-22(17-15-21)26(24-13-9-18-35-24)29-19(2)27(33)30-25-20(3)31(4)32(28(25)34)23-11-7-6-8-12-23/h6-9,11-19,26,29H,5,10H2,1-4H3,(H,30,33)/t19-,26+/m1/s1. The summed E-state index contributed by atoms with van der Waals surface area (Å²) in [5.74, 6) is -0.250. The fraction of sp³-hybridized carbons (Fsp3) is 0.286. The Hall–Kier alpha value is -3.42. The molecule has 0 aliphatic rings. The molecule has 2 aromatic heterocycles. The van der Waals surface area contributed by atoms with Crippen LogP contribution in [0.2, 0.25) is 0 Å². The molecular weight excluding hydrogens is 456 g/mol. The van der Waals surface area contributed by atoms with E-state index in [9.17, 15) is 9.59 Å². The van der Waals surface area contributed by atoms with Gasteiger partial charge < -0.3 is 5.32 Å². The Labute approximate surface area is 210 Å². The quantitative estimate of drug-likeness (QED) is 0.340. The van der Waals surface area contributed by atoms with Gasteiger partial charge in [0.15, 0.2) is 0 Å². The van der Waals surface area contributed by atoms with Gasteiger partial charge in [-0.1, -0.05) is 61.9 Å². The number of nitrogens with one attached hydrogen (secondary N) is 2. The van der Waals surface area contributed by atoms with E-state index in [4.69, 9.17) is 0 Å². The lowest BCUT2D eigenvalue weighted by Gasteiger charge is -2.23. The van der Waals surface area contributed by atoms with Crippen molar-refractivity contribution in [3.63, 3.8) is 0 Å². The third-order valence-electron chi connectivity index (χ3n) is 6.29. The van der Waals surface area contributed by atoms with Crippen molar-refractivity contribution in [2.45, 2.75) is 45.7 Å². The second-order valence-corrected chi connectivity index (χ2v) is 9.73. The molecule has 2 atom stereocenters. The van der Waals surface area contributed by atoms with E-state index < -0.39 is 6.04 Å². The highest BCUT2D eigenvalue weighted by Gasteiger charge is 2.24. The minimum absolute atomic E-state index is 0.121. The predicted molar refractivity (Wildman–Crippen MR) is 144 cm³/mol. The summed E-state index contributed by atoms with van der Waals surface area (Å²) in [6, 6.07) is 21.4. The van der Waals surface area contributed by atoms with Gasteiger partial charge >= 0.3 is 0 Å². The first-order valence-corrected chi connectivity index (χ1v) is 12.8. The van der Waals surface area contributed by atoms with E-state index in [2.05, 4.69) is 47.9 Å². The molecule has 0 saturated heterocycles. The molecule has 1 amide bonds. The van der Waals surface area contributed by atoms with Crippen LogP contribution in [0.3, 0.4) is 0 Å². The molecule has 7 heteroatoms. The zero-order chi connectivity index (χ0) is 24.9. The summed E-state index contributed by atoms with van der Waals surface area (Å²) in [5, 5.41) is 8.41. The molecule has 35 heavy (non-hydrogen) atoms. The Balaban J connectivity index is 1.56. The molecule has 6 nitrogen and oxygen atoms in total. The summed E-state index contributed by atoms with van der Waals surface area (Å²) in [6.07, 6.45) is 2.15. The Kier molecular flexibility index (Phi) is 7.68. The van der Waals surface area contributed by atoms with E-state index >= 15 is 0 Å². The minimum atomic E-state index is -0.526. The van der Waals surface area contributed by atoms with Crippen LogP contribution in [0.1, 0.15) is 48.0 Å². The van der Waals surface area contributed by atoms with Gasteiger partial charge in [0.05, 0.1) is 23.5 Å². The Bertz CT molecular complexity index is 1320. The molecule has 182 valence electrons. The van der Waals surface area contributed by atoms with Crippen LogP contribution < -0.4 is 16.2 Å². The van der Waals surface area contributed by atoms with Crippen molar-refractivity contribution in [2.75, 3.05) is 5.32 Å². The number of hydrogen-bond acceptors (Lipinski definition) is 4. The fourth-order valence-corrected chi connectivity index (χ4v) is 5.04. The lowest BCUT2D eigenvalue weighted by molar-refractivity contribution is -0.117. The summed E-state index contributed by atoms with van der Waals surface area (Å²) in [4.78, 5) is 27.5. The van der Waals surface area contributed by atoms with Crippen LogP contribution in [0.25, 0.3) is 5.69 Å². The number of nitrogens with zero attached hydrogens (tertiary/aromatic N) is 2. The smallest absolute Gasteiger partial charge is 0.295 e. The molecule has 0 radical (unpaired) electrons. The number of rotatable bonds is 9. The topological polar surface area (TPSA) is 68.1 Å². The van der Waals surface area contributed by atoms with Gasteiger partial charge in [0, 0.05) is 11.9 Å². The van der Waals surface area contributed by atoms with Crippen molar-refractivity contribution in [3.05, 3.63) is 104 Å². The molecule has 4 aromatic rings. The van der Waals surface area contributed by atoms with Crippen LogP contribution in [-0.2, 0) is 18.3 Å². The zero-order valence-corrected chi connectivity index (χ0v) is 21.4. The van der Waals surface area contributed by atoms with E-state index in [1.165, 1.54) is 5.56 Å². The van der Waals surface area contributed by atoms with Crippen molar-refractivity contribution in [1.82, 2.24) is 14.7 Å². The highest BCUT2D eigenvalue weighted by atomic mass is 32.1. The van der Waals surface area contributed by atoms with E-state index in [-0.39, 0.29) is 17.5 Å². The maximum absolute atomic E-state index is 13.2. The number of thiophene rings is 1. The van der Waals surface area contributed by atoms with Gasteiger partial charge in [-0.15, -0.1) is 11.3 Å². The molecule has 0 aliphatic heterocycles. The van der Waals surface area contributed by atoms with Gasteiger partial charge in [-0.05, 0) is 55.0 Å². The van der Waals surface area contributed by atoms with Gasteiger partial charge in [0.1, 0.15) is 5.69 Å². The molecule has 0 bridgehead atoms. The van der Waals surface area contributed by atoms with Crippen molar-refractivity contribution < 1.29 is 4.79 Å². The van der Waals surface area contributed by atoms with E-state index in [1.807, 2.05) is 62.7 Å². The molecule has 0 fully saturated rings. The van der Waals surface area contributed by atoms with E-state index in [0.717, 1.165) is 29.0 Å². The normalized spacial score (nSPS) is 12.9. The molecule has 4 rings (SSSR count). The Morgan fingerprint density at radius 3 is 2.37 bits per heavy atom. The number of carbonyl (C=O) groups is 1. The Morgan fingerprint density at radius 1 is 1.03 bits per heavy atom. The summed E-state index contributed by atoms with van der Waals surface area (Å²) in [7, 11) is 1.82. The monoisotopic (exact) mass is 488 g/mol. The van der Waals surface area contributed by atoms with Crippen LogP contribution in [0.4, 0.5) is 5.69 Å². The van der Waals surface area contributed by atoms with Crippen molar-refractivity contribution >= 4 is 22.9 Å². The van der Waals surface area contributed by atoms with Crippen LogP contribution in [0, 0.1) is 6.92 Å². The third kappa shape index (κ3) is 5.31. The number of para-hydroxylation sites is 1. The van der Waals surface area contributed by atoms with Gasteiger partial charge in [-0.3, -0.25) is 19.6 Å². The largest absolute Gasteiger partial charge is 0.319 e. The maximum atomic E-state index is 13.2. The summed E-state index contributed by atoms with van der Waals surface area (Å²) < 4.78 is 3.33. The number of anilines is 1. The number of hydrogen-bond donors (Lipinski definition) is 2. The first-order valence-electron chi connectivity index (χ1n) is 11.9. The summed E-state index contributed by atoms with van der Waals surface area (Å²) in [6.45, 7) is 5.84. The summed E-state index contributed by atoms with van der Waals surface area (Å²) >= 11 is 1.65. The number of aromatic nitrogens is 2. The SMILES string of the molecule is CCCc1ccc([C@H](N[C@H](C)C(=O)Nc2c(C)n(C)n(-c3ccccc3)c2=O)c2cccs2)cc1. The third-order valence-corrected chi connectivity index (χ3v) is 7.23. The van der Waals surface area contributed by atoms with E-state index in [0.29, 0.717) is 11.4 Å². The average Bonchev–Trinajstić information content (AvgIpc) is 3.47. The highest BCUT2D eigenvalue weighted by Crippen LogP contribution is 2.27. The molecule has 0 aliphatic carbocycles. The van der Waals surface area contributed by atoms with Crippen molar-refractivity contribution in [1.29, 1.82) is 0 Å². The first kappa shape index (κ1) is 24.7. The van der Waals surface area contributed by atoms with Gasteiger partial charge in [-0.2, -0.15) is 0 Å². The van der Waals surface area contributed by atoms with Crippen LogP contribution in [0.5, 0.6) is 0 Å². The summed E-state index contributed by atoms with van der Waals surface area (Å²) in [5.41, 5.74) is 3.90. The second-order valence-electron chi connectivity index (χ2n) is 8.75. The lowest BCUT2D eigenvalue weighted by Crippen LogP contribution is -2.41. The van der Waals surface area contributed by atoms with E-state index in [1.54, 1.807) is 20.7 Å². The van der Waals surface area contributed by atoms with Crippen molar-refractivity contribution in [3.8, 4) is 5.69 Å². The van der Waals surface area contributed by atoms with Gasteiger partial charge in [0.2, 0.25) is 5.91 Å². The number of amides is 1. The molecule has 0 unspecified atom stereocenters. The predicted octanol–water partition coefficient (Wildman–Crippen LogP) is 5.20. The van der Waals surface area contributed by atoms with Crippen molar-refractivity contribution in [2.24, 2.45) is 7.05 Å². The Morgan fingerprint density at radius 2 is 1.74 bits per heavy atom. The molecule has 2 N–H and O–H groups in total. The van der Waals surface area contributed by atoms with Gasteiger partial charge in [-0.25, -0.2) is 4.68 Å². The molecular formula is C28H32N4O2S. The first-order chi connectivity index (χ1) is 16.9. The van der Waals surface area contributed by atoms with Crippen LogP contribution >= 0.6 is 11.3 Å². The number of aryl methyl sites for hydroxylation is 1. The lowest BCUT2D eigenvalue weighted by atomic mass is 10.0. The highest BCUT2D eigenvalue weighted by molar-refractivity contribution is 7.10. The zero-order valence-electron chi connectivity index (χ0n) is 20.6. The molecule has 2 heterocycles. The maximum Gasteiger partial charge on any atom is 0.295 e. The second kappa shape index (κ2) is 10.9. The minimum Gasteiger partial charge on any atom is -0.319 e. The van der Waals surface area contributed by atoms with Crippen LogP contribution in [-0.4, -0.2) is 21.3 Å². The van der Waals surface area contributed by atoms with Crippen LogP contribution in [0.15, 0.2) is 76.9 Å². The average molecular weight is 489 g/mol. The molecule has 2 aromatic carbocycles. The molecule has 0 saturated carbocycles. The van der Waals surface area contributed by atoms with Gasteiger partial charge in [0.25, 0.3) is 5.56 Å². The molecule has 0 spiro atoms. The number of benzene rings is 2.